The van der Waals surface area contributed by atoms with E-state index in [2.05, 4.69) is 24.8 Å². The highest BCUT2D eigenvalue weighted by Crippen LogP contribution is 2.15. The summed E-state index contributed by atoms with van der Waals surface area (Å²) in [7, 11) is 1.68. The van der Waals surface area contributed by atoms with Gasteiger partial charge in [-0.05, 0) is 48.7 Å². The largest absolute Gasteiger partial charge is 0.497 e. The molecule has 0 saturated carbocycles. The van der Waals surface area contributed by atoms with Crippen LogP contribution in [0.25, 0.3) is 0 Å². The Morgan fingerprint density at radius 2 is 2.04 bits per heavy atom. The number of nitrogens with zero attached hydrogens (tertiary/aromatic N) is 1. The van der Waals surface area contributed by atoms with Crippen molar-refractivity contribution < 1.29 is 19.0 Å². The van der Waals surface area contributed by atoms with Crippen molar-refractivity contribution in [2.75, 3.05) is 26.8 Å². The summed E-state index contributed by atoms with van der Waals surface area (Å²) in [6.07, 6.45) is 2.17. The van der Waals surface area contributed by atoms with Gasteiger partial charge in [0, 0.05) is 13.1 Å². The number of rotatable bonds is 12. The molecule has 0 radical (unpaired) electrons. The number of hydrogen-bond donors (Lipinski definition) is 1. The van der Waals surface area contributed by atoms with E-state index in [4.69, 9.17) is 13.9 Å². The zero-order valence-corrected chi connectivity index (χ0v) is 16.1. The van der Waals surface area contributed by atoms with Crippen LogP contribution in [0, 0.1) is 5.92 Å². The number of furan rings is 1. The Hall–Kier alpha value is -1.82. The molecule has 2 aromatic rings. The molecule has 5 heteroatoms. The van der Waals surface area contributed by atoms with Gasteiger partial charge < -0.3 is 19.0 Å². The van der Waals surface area contributed by atoms with Crippen LogP contribution in [0.15, 0.2) is 47.1 Å². The maximum absolute atomic E-state index is 10.4. The minimum atomic E-state index is -0.539. The standard InChI is InChI=1S/C21H31NO4/c1-17(2)9-10-22(13-18-6-4-7-20(12-18)24-3)14-19(23)15-25-16-21-8-5-11-26-21/h4-8,11-12,17,19,23H,9-10,13-16H2,1-3H3/t19-/m0/s1. The predicted molar refractivity (Wildman–Crippen MR) is 102 cm³/mol. The monoisotopic (exact) mass is 361 g/mol. The van der Waals surface area contributed by atoms with Crippen molar-refractivity contribution in [2.24, 2.45) is 5.92 Å². The first-order valence-electron chi connectivity index (χ1n) is 9.20. The van der Waals surface area contributed by atoms with Crippen LogP contribution >= 0.6 is 0 Å². The molecule has 26 heavy (non-hydrogen) atoms. The summed E-state index contributed by atoms with van der Waals surface area (Å²) in [6.45, 7) is 7.38. The Labute approximate surface area is 156 Å². The van der Waals surface area contributed by atoms with Crippen LogP contribution in [0.4, 0.5) is 0 Å². The molecule has 0 unspecified atom stereocenters. The van der Waals surface area contributed by atoms with Gasteiger partial charge in [-0.15, -0.1) is 0 Å². The quantitative estimate of drug-likeness (QED) is 0.624. The molecule has 1 N–H and O–H groups in total. The Kier molecular flexibility index (Phi) is 8.68. The zero-order valence-electron chi connectivity index (χ0n) is 16.1. The summed E-state index contributed by atoms with van der Waals surface area (Å²) >= 11 is 0. The van der Waals surface area contributed by atoms with Gasteiger partial charge in [0.25, 0.3) is 0 Å². The van der Waals surface area contributed by atoms with E-state index in [1.165, 1.54) is 5.56 Å². The van der Waals surface area contributed by atoms with Gasteiger partial charge in [-0.1, -0.05) is 26.0 Å². The lowest BCUT2D eigenvalue weighted by Gasteiger charge is -2.26. The lowest BCUT2D eigenvalue weighted by atomic mass is 10.1. The van der Waals surface area contributed by atoms with Gasteiger partial charge in [0.2, 0.25) is 0 Å². The first-order valence-corrected chi connectivity index (χ1v) is 9.20. The maximum Gasteiger partial charge on any atom is 0.129 e. The van der Waals surface area contributed by atoms with E-state index in [0.29, 0.717) is 19.1 Å². The number of benzene rings is 1. The Morgan fingerprint density at radius 3 is 2.73 bits per heavy atom. The smallest absolute Gasteiger partial charge is 0.129 e. The summed E-state index contributed by atoms with van der Waals surface area (Å²) in [5.41, 5.74) is 1.18. The highest BCUT2D eigenvalue weighted by Gasteiger charge is 2.14. The van der Waals surface area contributed by atoms with Crippen molar-refractivity contribution in [1.82, 2.24) is 4.90 Å². The van der Waals surface area contributed by atoms with Gasteiger partial charge in [0.05, 0.1) is 26.1 Å². The third kappa shape index (κ3) is 7.60. The molecule has 0 saturated heterocycles. The predicted octanol–water partition coefficient (Wildman–Crippen LogP) is 3.71. The molecule has 0 spiro atoms. The molecular formula is C21H31NO4. The first kappa shape index (κ1) is 20.5. The normalized spacial score (nSPS) is 12.7. The van der Waals surface area contributed by atoms with Crippen LogP contribution in [0.3, 0.4) is 0 Å². The third-order valence-corrected chi connectivity index (χ3v) is 4.17. The van der Waals surface area contributed by atoms with Gasteiger partial charge in [0.1, 0.15) is 18.1 Å². The van der Waals surface area contributed by atoms with Crippen molar-refractivity contribution in [3.8, 4) is 5.75 Å². The van der Waals surface area contributed by atoms with Gasteiger partial charge in [0.15, 0.2) is 0 Å². The lowest BCUT2D eigenvalue weighted by Crippen LogP contribution is -2.35. The molecule has 0 aliphatic rings. The fourth-order valence-corrected chi connectivity index (χ4v) is 2.75. The molecule has 2 rings (SSSR count). The molecule has 0 aliphatic carbocycles. The molecule has 5 nitrogen and oxygen atoms in total. The average Bonchev–Trinajstić information content (AvgIpc) is 3.13. The van der Waals surface area contributed by atoms with Crippen LogP contribution in [-0.4, -0.2) is 42.9 Å². The van der Waals surface area contributed by atoms with E-state index in [1.807, 2.05) is 30.3 Å². The van der Waals surface area contributed by atoms with Gasteiger partial charge in [-0.3, -0.25) is 4.90 Å². The summed E-state index contributed by atoms with van der Waals surface area (Å²) in [6, 6.07) is 11.8. The molecule has 1 aromatic carbocycles. The number of hydrogen-bond acceptors (Lipinski definition) is 5. The first-order chi connectivity index (χ1) is 12.6. The molecule has 1 atom stereocenters. The van der Waals surface area contributed by atoms with Gasteiger partial charge in [-0.25, -0.2) is 0 Å². The van der Waals surface area contributed by atoms with Crippen LogP contribution in [0.5, 0.6) is 5.75 Å². The fourth-order valence-electron chi connectivity index (χ4n) is 2.75. The molecular weight excluding hydrogens is 330 g/mol. The zero-order chi connectivity index (χ0) is 18.8. The Morgan fingerprint density at radius 1 is 1.19 bits per heavy atom. The van der Waals surface area contributed by atoms with E-state index in [9.17, 15) is 5.11 Å². The SMILES string of the molecule is COc1cccc(CN(CCC(C)C)C[C@H](O)COCc2ccco2)c1. The fraction of sp³-hybridized carbons (Fsp3) is 0.524. The van der Waals surface area contributed by atoms with E-state index in [0.717, 1.165) is 31.0 Å². The second-order valence-electron chi connectivity index (χ2n) is 7.02. The van der Waals surface area contributed by atoms with E-state index >= 15 is 0 Å². The summed E-state index contributed by atoms with van der Waals surface area (Å²) in [5.74, 6) is 2.24. The van der Waals surface area contributed by atoms with E-state index in [1.54, 1.807) is 13.4 Å². The molecule has 144 valence electrons. The number of aliphatic hydroxyl groups is 1. The number of aliphatic hydroxyl groups excluding tert-OH is 1. The van der Waals surface area contributed by atoms with Gasteiger partial charge >= 0.3 is 0 Å². The summed E-state index contributed by atoms with van der Waals surface area (Å²) in [4.78, 5) is 2.27. The molecule has 0 aliphatic heterocycles. The molecule has 0 amide bonds. The highest BCUT2D eigenvalue weighted by atomic mass is 16.5. The van der Waals surface area contributed by atoms with Crippen molar-refractivity contribution in [3.05, 3.63) is 54.0 Å². The second-order valence-corrected chi connectivity index (χ2v) is 7.02. The molecule has 0 bridgehead atoms. The van der Waals surface area contributed by atoms with Gasteiger partial charge in [-0.2, -0.15) is 0 Å². The van der Waals surface area contributed by atoms with E-state index < -0.39 is 6.10 Å². The topological polar surface area (TPSA) is 55.1 Å². The Bertz CT molecular complexity index is 612. The second kappa shape index (κ2) is 11.0. The van der Waals surface area contributed by atoms with Crippen LogP contribution in [0.2, 0.25) is 0 Å². The van der Waals surface area contributed by atoms with Crippen LogP contribution < -0.4 is 4.74 Å². The summed E-state index contributed by atoms with van der Waals surface area (Å²) in [5, 5.41) is 10.4. The average molecular weight is 361 g/mol. The number of ether oxygens (including phenoxy) is 2. The third-order valence-electron chi connectivity index (χ3n) is 4.17. The maximum atomic E-state index is 10.4. The lowest BCUT2D eigenvalue weighted by molar-refractivity contribution is 0.00325. The van der Waals surface area contributed by atoms with Crippen LogP contribution in [0.1, 0.15) is 31.6 Å². The number of methoxy groups -OCH3 is 1. The van der Waals surface area contributed by atoms with Crippen molar-refractivity contribution in [1.29, 1.82) is 0 Å². The summed E-state index contributed by atoms with van der Waals surface area (Å²) < 4.78 is 16.1. The molecule has 1 aromatic heterocycles. The molecule has 1 heterocycles. The van der Waals surface area contributed by atoms with E-state index in [-0.39, 0.29) is 6.61 Å². The Balaban J connectivity index is 1.85. The molecule has 0 fully saturated rings. The minimum Gasteiger partial charge on any atom is -0.497 e. The van der Waals surface area contributed by atoms with Crippen molar-refractivity contribution >= 4 is 0 Å². The minimum absolute atomic E-state index is 0.289. The van der Waals surface area contributed by atoms with Crippen molar-refractivity contribution in [2.45, 2.75) is 39.5 Å². The van der Waals surface area contributed by atoms with Crippen molar-refractivity contribution in [3.63, 3.8) is 0 Å². The van der Waals surface area contributed by atoms with Crippen LogP contribution in [-0.2, 0) is 17.9 Å². The highest BCUT2D eigenvalue weighted by molar-refractivity contribution is 5.28.